The molecule has 3 atom stereocenters. The maximum atomic E-state index is 10.9. The largest absolute Gasteiger partial charge is 0.393 e. The molecule has 4 nitrogen and oxygen atoms in total. The summed E-state index contributed by atoms with van der Waals surface area (Å²) in [6.07, 6.45) is 11.2. The summed E-state index contributed by atoms with van der Waals surface area (Å²) >= 11 is 0. The van der Waals surface area contributed by atoms with Gasteiger partial charge in [-0.1, -0.05) is 36.8 Å². The summed E-state index contributed by atoms with van der Waals surface area (Å²) < 4.78 is 2.22. The lowest BCUT2D eigenvalue weighted by atomic mass is 9.58. The molecule has 1 aliphatic heterocycles. The first-order chi connectivity index (χ1) is 12.3. The topological polar surface area (TPSA) is 50.1 Å². The number of nitrogens with one attached hydrogen (secondary N) is 1. The van der Waals surface area contributed by atoms with Gasteiger partial charge in [0.2, 0.25) is 0 Å². The van der Waals surface area contributed by atoms with Gasteiger partial charge in [-0.25, -0.2) is 4.98 Å². The van der Waals surface area contributed by atoms with E-state index < -0.39 is 0 Å². The van der Waals surface area contributed by atoms with E-state index in [9.17, 15) is 5.11 Å². The Hall–Kier alpha value is -1.65. The molecule has 4 heteroatoms. The van der Waals surface area contributed by atoms with E-state index in [1.54, 1.807) is 0 Å². The summed E-state index contributed by atoms with van der Waals surface area (Å²) in [4.78, 5) is 4.28. The van der Waals surface area contributed by atoms with Gasteiger partial charge in [-0.05, 0) is 56.2 Å². The maximum absolute atomic E-state index is 10.9. The highest BCUT2D eigenvalue weighted by atomic mass is 16.3. The van der Waals surface area contributed by atoms with Crippen molar-refractivity contribution in [1.29, 1.82) is 0 Å². The molecule has 1 unspecified atom stereocenters. The first-order valence-electron chi connectivity index (χ1n) is 9.71. The Morgan fingerprint density at radius 1 is 1.12 bits per heavy atom. The van der Waals surface area contributed by atoms with E-state index >= 15 is 0 Å². The van der Waals surface area contributed by atoms with E-state index in [2.05, 4.69) is 51.4 Å². The van der Waals surface area contributed by atoms with Gasteiger partial charge >= 0.3 is 0 Å². The van der Waals surface area contributed by atoms with Crippen LogP contribution < -0.4 is 5.32 Å². The van der Waals surface area contributed by atoms with Gasteiger partial charge in [-0.3, -0.25) is 0 Å². The minimum atomic E-state index is -0.196. The summed E-state index contributed by atoms with van der Waals surface area (Å²) in [7, 11) is 0. The van der Waals surface area contributed by atoms with Crippen molar-refractivity contribution >= 4 is 0 Å². The lowest BCUT2D eigenvalue weighted by molar-refractivity contribution is 0.0286. The molecule has 2 aliphatic rings. The normalized spacial score (nSPS) is 27.2. The predicted octanol–water partition coefficient (Wildman–Crippen LogP) is 2.98. The Bertz CT molecular complexity index is 651. The molecule has 2 fully saturated rings. The molecule has 0 amide bonds. The summed E-state index contributed by atoms with van der Waals surface area (Å²) in [5, 5.41) is 14.4. The zero-order chi connectivity index (χ0) is 17.1. The highest BCUT2D eigenvalue weighted by Crippen LogP contribution is 2.50. The van der Waals surface area contributed by atoms with E-state index in [-0.39, 0.29) is 11.5 Å². The summed E-state index contributed by atoms with van der Waals surface area (Å²) in [5.41, 5.74) is 1.36. The SMILES string of the molecule is O[C@H]1CCC[C@@H]1C(Cn1ccnc1)(c1ccccc1)C1CCNCC1. The molecule has 0 bridgehead atoms. The minimum Gasteiger partial charge on any atom is -0.393 e. The molecule has 2 N–H and O–H groups in total. The number of aliphatic hydroxyl groups excluding tert-OH is 1. The zero-order valence-electron chi connectivity index (χ0n) is 14.8. The number of aromatic nitrogens is 2. The van der Waals surface area contributed by atoms with Crippen LogP contribution in [0.4, 0.5) is 0 Å². The predicted molar refractivity (Wildman–Crippen MR) is 99.3 cm³/mol. The molecule has 1 aromatic carbocycles. The first kappa shape index (κ1) is 16.8. The Kier molecular flexibility index (Phi) is 4.91. The van der Waals surface area contributed by atoms with Crippen LogP contribution in [0, 0.1) is 11.8 Å². The summed E-state index contributed by atoms with van der Waals surface area (Å²) in [6, 6.07) is 11.0. The van der Waals surface area contributed by atoms with Crippen LogP contribution in [-0.4, -0.2) is 33.9 Å². The van der Waals surface area contributed by atoms with E-state index in [0.29, 0.717) is 11.8 Å². The molecule has 25 heavy (non-hydrogen) atoms. The second-order valence-corrected chi connectivity index (χ2v) is 7.77. The molecule has 134 valence electrons. The van der Waals surface area contributed by atoms with E-state index in [0.717, 1.165) is 38.9 Å². The van der Waals surface area contributed by atoms with Crippen molar-refractivity contribution in [3.8, 4) is 0 Å². The zero-order valence-corrected chi connectivity index (χ0v) is 14.8. The van der Waals surface area contributed by atoms with Gasteiger partial charge < -0.3 is 15.0 Å². The Morgan fingerprint density at radius 3 is 2.56 bits per heavy atom. The fourth-order valence-corrected chi connectivity index (χ4v) is 5.40. The molecule has 0 radical (unpaired) electrons. The van der Waals surface area contributed by atoms with Crippen molar-refractivity contribution in [3.05, 3.63) is 54.6 Å². The standard InChI is InChI=1S/C21H29N3O/c25-20-8-4-7-19(20)21(15-24-14-13-23-16-24,17-5-2-1-3-6-17)18-9-11-22-12-10-18/h1-3,5-6,13-14,16,18-20,22,25H,4,7-12,15H2/t19-,20-,21?/m0/s1. The summed E-state index contributed by atoms with van der Waals surface area (Å²) in [6.45, 7) is 3.06. The molecule has 1 saturated carbocycles. The highest BCUT2D eigenvalue weighted by Gasteiger charge is 2.50. The number of nitrogens with zero attached hydrogens (tertiary/aromatic N) is 2. The number of hydrogen-bond acceptors (Lipinski definition) is 3. The maximum Gasteiger partial charge on any atom is 0.0946 e. The van der Waals surface area contributed by atoms with Crippen LogP contribution in [0.25, 0.3) is 0 Å². The number of benzene rings is 1. The lowest BCUT2D eigenvalue weighted by Crippen LogP contribution is -2.51. The highest BCUT2D eigenvalue weighted by molar-refractivity contribution is 5.29. The summed E-state index contributed by atoms with van der Waals surface area (Å²) in [5.74, 6) is 0.900. The monoisotopic (exact) mass is 339 g/mol. The van der Waals surface area contributed by atoms with Crippen molar-refractivity contribution in [2.45, 2.75) is 50.2 Å². The second kappa shape index (κ2) is 7.30. The molecular weight excluding hydrogens is 310 g/mol. The van der Waals surface area contributed by atoms with Gasteiger partial charge in [-0.15, -0.1) is 0 Å². The number of piperidine rings is 1. The number of rotatable bonds is 5. The molecule has 1 aliphatic carbocycles. The van der Waals surface area contributed by atoms with Crippen LogP contribution in [0.2, 0.25) is 0 Å². The Labute approximate surface area is 150 Å². The molecule has 0 spiro atoms. The smallest absolute Gasteiger partial charge is 0.0946 e. The molecule has 1 aromatic heterocycles. The third-order valence-corrected chi connectivity index (χ3v) is 6.52. The molecular formula is C21H29N3O. The average Bonchev–Trinajstić information content (AvgIpc) is 3.33. The van der Waals surface area contributed by atoms with E-state index in [1.807, 2.05) is 12.5 Å². The number of hydrogen-bond donors (Lipinski definition) is 2. The van der Waals surface area contributed by atoms with E-state index in [4.69, 9.17) is 0 Å². The van der Waals surface area contributed by atoms with E-state index in [1.165, 1.54) is 18.4 Å². The second-order valence-electron chi connectivity index (χ2n) is 7.77. The first-order valence-corrected chi connectivity index (χ1v) is 9.71. The fraction of sp³-hybridized carbons (Fsp3) is 0.571. The van der Waals surface area contributed by atoms with Crippen LogP contribution in [0.15, 0.2) is 49.1 Å². The van der Waals surface area contributed by atoms with Gasteiger partial charge in [-0.2, -0.15) is 0 Å². The fourth-order valence-electron chi connectivity index (χ4n) is 5.40. The number of aliphatic hydroxyl groups is 1. The quantitative estimate of drug-likeness (QED) is 0.880. The van der Waals surface area contributed by atoms with Gasteiger partial charge in [0.05, 0.1) is 12.4 Å². The lowest BCUT2D eigenvalue weighted by Gasteiger charge is -2.49. The van der Waals surface area contributed by atoms with Crippen LogP contribution in [-0.2, 0) is 12.0 Å². The van der Waals surface area contributed by atoms with Gasteiger partial charge in [0.1, 0.15) is 0 Å². The van der Waals surface area contributed by atoms with Crippen LogP contribution >= 0.6 is 0 Å². The van der Waals surface area contributed by atoms with Gasteiger partial charge in [0.15, 0.2) is 0 Å². The third kappa shape index (κ3) is 3.13. The number of imidazole rings is 1. The van der Waals surface area contributed by atoms with Crippen molar-refractivity contribution in [3.63, 3.8) is 0 Å². The Morgan fingerprint density at radius 2 is 1.92 bits per heavy atom. The average molecular weight is 339 g/mol. The molecule has 1 saturated heterocycles. The van der Waals surface area contributed by atoms with Gasteiger partial charge in [0.25, 0.3) is 0 Å². The van der Waals surface area contributed by atoms with Crippen LogP contribution in [0.5, 0.6) is 0 Å². The van der Waals surface area contributed by atoms with Crippen molar-refractivity contribution in [2.24, 2.45) is 11.8 Å². The van der Waals surface area contributed by atoms with Crippen molar-refractivity contribution in [1.82, 2.24) is 14.9 Å². The molecule has 4 rings (SSSR count). The van der Waals surface area contributed by atoms with Crippen molar-refractivity contribution in [2.75, 3.05) is 13.1 Å². The van der Waals surface area contributed by atoms with Crippen LogP contribution in [0.3, 0.4) is 0 Å². The van der Waals surface area contributed by atoms with Gasteiger partial charge in [0, 0.05) is 24.4 Å². The molecule has 2 heterocycles. The van der Waals surface area contributed by atoms with Crippen molar-refractivity contribution < 1.29 is 5.11 Å². The minimum absolute atomic E-state index is 0.0278. The van der Waals surface area contributed by atoms with Crippen LogP contribution in [0.1, 0.15) is 37.7 Å². The third-order valence-electron chi connectivity index (χ3n) is 6.52. The molecule has 2 aromatic rings. The Balaban J connectivity index is 1.83.